The van der Waals surface area contributed by atoms with Crippen LogP contribution >= 0.6 is 0 Å². The topological polar surface area (TPSA) is 93.5 Å². The summed E-state index contributed by atoms with van der Waals surface area (Å²) < 4.78 is 6.38. The minimum absolute atomic E-state index is 0.102. The first-order valence-electron chi connectivity index (χ1n) is 6.64. The van der Waals surface area contributed by atoms with E-state index in [1.807, 2.05) is 19.1 Å². The van der Waals surface area contributed by atoms with E-state index in [0.29, 0.717) is 0 Å². The average Bonchev–Trinajstić information content (AvgIpc) is 2.89. The molecule has 116 valence electrons. The third-order valence-corrected chi connectivity index (χ3v) is 3.24. The number of methoxy groups -OCH3 is 1. The van der Waals surface area contributed by atoms with Crippen LogP contribution in [0.25, 0.3) is 0 Å². The molecule has 0 aliphatic heterocycles. The molecule has 0 saturated heterocycles. The van der Waals surface area contributed by atoms with E-state index in [2.05, 4.69) is 10.4 Å². The quantitative estimate of drug-likeness (QED) is 0.875. The van der Waals surface area contributed by atoms with Gasteiger partial charge in [-0.05, 0) is 24.6 Å². The highest BCUT2D eigenvalue weighted by Crippen LogP contribution is 2.18. The first-order chi connectivity index (χ1) is 10.4. The van der Waals surface area contributed by atoms with E-state index in [1.54, 1.807) is 26.3 Å². The van der Waals surface area contributed by atoms with Crippen molar-refractivity contribution in [1.82, 2.24) is 15.1 Å². The van der Waals surface area contributed by atoms with Crippen LogP contribution in [0, 0.1) is 0 Å². The summed E-state index contributed by atoms with van der Waals surface area (Å²) in [5, 5.41) is 15.7. The van der Waals surface area contributed by atoms with Crippen LogP contribution in [0.15, 0.2) is 30.5 Å². The maximum atomic E-state index is 12.2. The molecule has 1 heterocycles. The molecule has 0 radical (unpaired) electrons. The van der Waals surface area contributed by atoms with Gasteiger partial charge in [-0.25, -0.2) is 4.79 Å². The van der Waals surface area contributed by atoms with Crippen LogP contribution in [-0.4, -0.2) is 33.9 Å². The Balaban J connectivity index is 2.15. The Morgan fingerprint density at radius 3 is 2.50 bits per heavy atom. The van der Waals surface area contributed by atoms with Gasteiger partial charge in [0.2, 0.25) is 0 Å². The molecular weight excluding hydrogens is 286 g/mol. The number of carboxylic acids is 1. The summed E-state index contributed by atoms with van der Waals surface area (Å²) in [6.45, 7) is 1.81. The molecule has 2 rings (SSSR count). The highest BCUT2D eigenvalue weighted by Gasteiger charge is 2.22. The minimum atomic E-state index is -1.18. The number of benzene rings is 1. The molecule has 1 aromatic carbocycles. The molecule has 0 fully saturated rings. The summed E-state index contributed by atoms with van der Waals surface area (Å²) in [6, 6.07) is 6.96. The molecule has 1 atom stereocenters. The Labute approximate surface area is 127 Å². The zero-order valence-electron chi connectivity index (χ0n) is 12.5. The number of carboxylic acid groups (broad SMARTS) is 1. The summed E-state index contributed by atoms with van der Waals surface area (Å²) in [7, 11) is 3.14. The SMILES string of the molecule is COc1ccc(C(C)NC(=O)c2nn(C)cc2C(=O)O)cc1. The van der Waals surface area contributed by atoms with Crippen molar-refractivity contribution in [3.8, 4) is 5.75 Å². The van der Waals surface area contributed by atoms with Crippen molar-refractivity contribution in [3.05, 3.63) is 47.3 Å². The van der Waals surface area contributed by atoms with Crippen molar-refractivity contribution in [2.24, 2.45) is 7.05 Å². The lowest BCUT2D eigenvalue weighted by Gasteiger charge is -2.14. The zero-order valence-corrected chi connectivity index (χ0v) is 12.5. The van der Waals surface area contributed by atoms with E-state index in [1.165, 1.54) is 10.9 Å². The second-order valence-corrected chi connectivity index (χ2v) is 4.84. The molecule has 0 aliphatic rings. The van der Waals surface area contributed by atoms with E-state index in [9.17, 15) is 9.59 Å². The minimum Gasteiger partial charge on any atom is -0.497 e. The van der Waals surface area contributed by atoms with Crippen molar-refractivity contribution >= 4 is 11.9 Å². The van der Waals surface area contributed by atoms with Crippen molar-refractivity contribution in [3.63, 3.8) is 0 Å². The Bertz CT molecular complexity index is 691. The number of aromatic nitrogens is 2. The number of hydrogen-bond donors (Lipinski definition) is 2. The van der Waals surface area contributed by atoms with Crippen LogP contribution < -0.4 is 10.1 Å². The summed E-state index contributed by atoms with van der Waals surface area (Å²) in [5.41, 5.74) is 0.652. The molecule has 1 aromatic heterocycles. The van der Waals surface area contributed by atoms with Crippen molar-refractivity contribution in [2.45, 2.75) is 13.0 Å². The number of aromatic carboxylic acids is 1. The monoisotopic (exact) mass is 303 g/mol. The van der Waals surface area contributed by atoms with Gasteiger partial charge in [-0.2, -0.15) is 5.10 Å². The predicted octanol–water partition coefficient (Wildman–Crippen LogP) is 1.62. The summed E-state index contributed by atoms with van der Waals surface area (Å²) in [4.78, 5) is 23.3. The van der Waals surface area contributed by atoms with Crippen LogP contribution in [0.4, 0.5) is 0 Å². The number of nitrogens with one attached hydrogen (secondary N) is 1. The lowest BCUT2D eigenvalue weighted by atomic mass is 10.1. The molecule has 7 nitrogen and oxygen atoms in total. The highest BCUT2D eigenvalue weighted by atomic mass is 16.5. The fourth-order valence-electron chi connectivity index (χ4n) is 2.05. The molecule has 0 spiro atoms. The summed E-state index contributed by atoms with van der Waals surface area (Å²) in [5.74, 6) is -0.989. The fourth-order valence-corrected chi connectivity index (χ4v) is 2.05. The first kappa shape index (κ1) is 15.6. The summed E-state index contributed by atoms with van der Waals surface area (Å²) in [6.07, 6.45) is 1.30. The largest absolute Gasteiger partial charge is 0.497 e. The van der Waals surface area contributed by atoms with Gasteiger partial charge in [0.1, 0.15) is 11.3 Å². The molecule has 22 heavy (non-hydrogen) atoms. The molecule has 1 amide bonds. The number of ether oxygens (including phenoxy) is 1. The number of hydrogen-bond acceptors (Lipinski definition) is 4. The van der Waals surface area contributed by atoms with Gasteiger partial charge >= 0.3 is 5.97 Å². The Hall–Kier alpha value is -2.83. The molecule has 2 N–H and O–H groups in total. The van der Waals surface area contributed by atoms with Crippen LogP contribution in [0.5, 0.6) is 5.75 Å². The smallest absolute Gasteiger partial charge is 0.339 e. The third kappa shape index (κ3) is 3.25. The Morgan fingerprint density at radius 1 is 1.32 bits per heavy atom. The number of amides is 1. The molecule has 0 bridgehead atoms. The van der Waals surface area contributed by atoms with Gasteiger partial charge in [0, 0.05) is 13.2 Å². The molecule has 2 aromatic rings. The van der Waals surface area contributed by atoms with Crippen molar-refractivity contribution in [1.29, 1.82) is 0 Å². The van der Waals surface area contributed by atoms with Crippen LogP contribution in [0.2, 0.25) is 0 Å². The number of rotatable bonds is 5. The molecule has 1 unspecified atom stereocenters. The fraction of sp³-hybridized carbons (Fsp3) is 0.267. The number of carbonyl (C=O) groups excluding carboxylic acids is 1. The molecule has 0 aliphatic carbocycles. The number of nitrogens with zero attached hydrogens (tertiary/aromatic N) is 2. The Kier molecular flexibility index (Phi) is 4.45. The predicted molar refractivity (Wildman–Crippen MR) is 79.0 cm³/mol. The number of aryl methyl sites for hydroxylation is 1. The molecule has 0 saturated carbocycles. The van der Waals surface area contributed by atoms with E-state index >= 15 is 0 Å². The zero-order chi connectivity index (χ0) is 16.3. The van der Waals surface area contributed by atoms with Gasteiger partial charge < -0.3 is 15.2 Å². The lowest BCUT2D eigenvalue weighted by molar-refractivity contribution is 0.0690. The summed E-state index contributed by atoms with van der Waals surface area (Å²) >= 11 is 0. The van der Waals surface area contributed by atoms with Gasteiger partial charge in [0.15, 0.2) is 5.69 Å². The van der Waals surface area contributed by atoms with E-state index in [-0.39, 0.29) is 17.3 Å². The third-order valence-electron chi connectivity index (χ3n) is 3.24. The van der Waals surface area contributed by atoms with Gasteiger partial charge in [-0.1, -0.05) is 12.1 Å². The Morgan fingerprint density at radius 2 is 1.95 bits per heavy atom. The highest BCUT2D eigenvalue weighted by molar-refractivity contribution is 6.03. The normalized spacial score (nSPS) is 11.8. The maximum absolute atomic E-state index is 12.2. The van der Waals surface area contributed by atoms with Crippen LogP contribution in [0.3, 0.4) is 0 Å². The maximum Gasteiger partial charge on any atom is 0.339 e. The van der Waals surface area contributed by atoms with Gasteiger partial charge in [0.25, 0.3) is 5.91 Å². The van der Waals surface area contributed by atoms with Crippen molar-refractivity contribution in [2.75, 3.05) is 7.11 Å². The lowest BCUT2D eigenvalue weighted by Crippen LogP contribution is -2.28. The van der Waals surface area contributed by atoms with E-state index < -0.39 is 11.9 Å². The van der Waals surface area contributed by atoms with Gasteiger partial charge in [-0.3, -0.25) is 9.48 Å². The van der Waals surface area contributed by atoms with Crippen molar-refractivity contribution < 1.29 is 19.4 Å². The molecule has 7 heteroatoms. The van der Waals surface area contributed by atoms with Gasteiger partial charge in [0.05, 0.1) is 13.2 Å². The second kappa shape index (κ2) is 6.30. The number of carbonyl (C=O) groups is 2. The van der Waals surface area contributed by atoms with Crippen LogP contribution in [-0.2, 0) is 7.05 Å². The second-order valence-electron chi connectivity index (χ2n) is 4.84. The van der Waals surface area contributed by atoms with Crippen LogP contribution in [0.1, 0.15) is 39.4 Å². The first-order valence-corrected chi connectivity index (χ1v) is 6.64. The standard InChI is InChI=1S/C15H17N3O4/c1-9(10-4-6-11(22-3)7-5-10)16-14(19)13-12(15(20)21)8-18(2)17-13/h4-9H,1-3H3,(H,16,19)(H,20,21). The van der Waals surface area contributed by atoms with E-state index in [0.717, 1.165) is 11.3 Å². The van der Waals surface area contributed by atoms with Gasteiger partial charge in [-0.15, -0.1) is 0 Å². The van der Waals surface area contributed by atoms with E-state index in [4.69, 9.17) is 9.84 Å². The average molecular weight is 303 g/mol. The molecular formula is C15H17N3O4.